The molecule has 1 amide bonds. The average Bonchev–Trinajstić information content (AvgIpc) is 3.21. The molecule has 2 aromatic rings. The summed E-state index contributed by atoms with van der Waals surface area (Å²) in [4.78, 5) is 42.1. The van der Waals surface area contributed by atoms with Gasteiger partial charge in [0.1, 0.15) is 5.69 Å². The lowest BCUT2D eigenvalue weighted by molar-refractivity contribution is 0.0540. The fourth-order valence-corrected chi connectivity index (χ4v) is 3.15. The number of carbonyl (C=O) groups is 3. The molecule has 0 bridgehead atoms. The quantitative estimate of drug-likeness (QED) is 0.631. The molecule has 26 heavy (non-hydrogen) atoms. The first kappa shape index (κ1) is 19.5. The number of amides is 1. The highest BCUT2D eigenvalue weighted by molar-refractivity contribution is 6.07. The van der Waals surface area contributed by atoms with Crippen molar-refractivity contribution in [2.75, 3.05) is 7.11 Å². The van der Waals surface area contributed by atoms with Gasteiger partial charge in [-0.15, -0.1) is 0 Å². The third kappa shape index (κ3) is 3.42. The zero-order valence-corrected chi connectivity index (χ0v) is 15.9. The van der Waals surface area contributed by atoms with Gasteiger partial charge in [-0.3, -0.25) is 9.59 Å². The van der Waals surface area contributed by atoms with Gasteiger partial charge in [0.15, 0.2) is 11.5 Å². The molecule has 2 aromatic heterocycles. The number of Topliss-reactive ketones (excluding diaryl/α,β-unsaturated/α-hetero) is 1. The van der Waals surface area contributed by atoms with Gasteiger partial charge in [-0.25, -0.2) is 4.79 Å². The van der Waals surface area contributed by atoms with Gasteiger partial charge in [-0.1, -0.05) is 0 Å². The standard InChI is InChI=1S/C19H24N2O5/c1-10(2)21(18(23)14-8-7-9-26-14)13(5)17(22)15-11(3)16(19(24)25-6)20-12(15)4/h7-10,13,20H,1-6H3/t13-/m1/s1. The largest absolute Gasteiger partial charge is 0.464 e. The van der Waals surface area contributed by atoms with Crippen LogP contribution in [0.1, 0.15) is 63.4 Å². The van der Waals surface area contributed by atoms with Gasteiger partial charge in [0, 0.05) is 17.3 Å². The van der Waals surface area contributed by atoms with Gasteiger partial charge in [0.25, 0.3) is 5.91 Å². The van der Waals surface area contributed by atoms with E-state index in [1.54, 1.807) is 32.9 Å². The normalized spacial score (nSPS) is 12.1. The van der Waals surface area contributed by atoms with Crippen molar-refractivity contribution >= 4 is 17.7 Å². The van der Waals surface area contributed by atoms with Gasteiger partial charge in [-0.05, 0) is 52.3 Å². The molecule has 0 unspecified atom stereocenters. The molecule has 0 fully saturated rings. The smallest absolute Gasteiger partial charge is 0.354 e. The lowest BCUT2D eigenvalue weighted by Crippen LogP contribution is -2.47. The van der Waals surface area contributed by atoms with E-state index in [2.05, 4.69) is 4.98 Å². The van der Waals surface area contributed by atoms with Crippen molar-refractivity contribution < 1.29 is 23.5 Å². The maximum atomic E-state index is 13.1. The van der Waals surface area contributed by atoms with Crippen molar-refractivity contribution in [1.29, 1.82) is 0 Å². The molecular formula is C19H24N2O5. The van der Waals surface area contributed by atoms with Crippen LogP contribution in [0.15, 0.2) is 22.8 Å². The first-order valence-electron chi connectivity index (χ1n) is 8.38. The van der Waals surface area contributed by atoms with E-state index < -0.39 is 12.0 Å². The summed E-state index contributed by atoms with van der Waals surface area (Å²) in [6, 6.07) is 2.25. The number of H-pyrrole nitrogens is 1. The van der Waals surface area contributed by atoms with E-state index in [4.69, 9.17) is 9.15 Å². The van der Waals surface area contributed by atoms with Crippen LogP contribution in [-0.4, -0.2) is 46.7 Å². The second kappa shape index (κ2) is 7.59. The second-order valence-electron chi connectivity index (χ2n) is 6.44. The number of ketones is 1. The fourth-order valence-electron chi connectivity index (χ4n) is 3.15. The summed E-state index contributed by atoms with van der Waals surface area (Å²) < 4.78 is 9.93. The molecule has 0 saturated carbocycles. The molecule has 1 N–H and O–H groups in total. The van der Waals surface area contributed by atoms with E-state index in [9.17, 15) is 14.4 Å². The zero-order valence-electron chi connectivity index (χ0n) is 15.9. The number of aromatic nitrogens is 1. The number of aromatic amines is 1. The van der Waals surface area contributed by atoms with E-state index in [-0.39, 0.29) is 29.2 Å². The number of hydrogen-bond donors (Lipinski definition) is 1. The zero-order chi connectivity index (χ0) is 19.6. The number of ether oxygens (including phenoxy) is 1. The first-order valence-corrected chi connectivity index (χ1v) is 8.38. The molecule has 0 aromatic carbocycles. The Morgan fingerprint density at radius 3 is 2.35 bits per heavy atom. The summed E-state index contributed by atoms with van der Waals surface area (Å²) in [5.41, 5.74) is 1.72. The van der Waals surface area contributed by atoms with Crippen LogP contribution < -0.4 is 0 Å². The maximum absolute atomic E-state index is 13.1. The fraction of sp³-hybridized carbons (Fsp3) is 0.421. The van der Waals surface area contributed by atoms with E-state index in [1.165, 1.54) is 18.3 Å². The van der Waals surface area contributed by atoms with Crippen molar-refractivity contribution in [1.82, 2.24) is 9.88 Å². The third-order valence-corrected chi connectivity index (χ3v) is 4.39. The molecule has 0 aliphatic heterocycles. The molecule has 2 rings (SSSR count). The van der Waals surface area contributed by atoms with Crippen LogP contribution in [0, 0.1) is 13.8 Å². The number of nitrogens with one attached hydrogen (secondary N) is 1. The highest BCUT2D eigenvalue weighted by Gasteiger charge is 2.33. The van der Waals surface area contributed by atoms with E-state index in [0.717, 1.165) is 0 Å². The SMILES string of the molecule is COC(=O)c1[nH]c(C)c(C(=O)[C@@H](C)N(C(=O)c2ccco2)C(C)C)c1C. The number of nitrogens with zero attached hydrogens (tertiary/aromatic N) is 1. The number of rotatable bonds is 6. The number of esters is 1. The summed E-state index contributed by atoms with van der Waals surface area (Å²) in [6.45, 7) is 8.74. The van der Waals surface area contributed by atoms with Crippen LogP contribution in [0.25, 0.3) is 0 Å². The van der Waals surface area contributed by atoms with E-state index >= 15 is 0 Å². The average molecular weight is 360 g/mol. The van der Waals surface area contributed by atoms with E-state index in [1.807, 2.05) is 13.8 Å². The van der Waals surface area contributed by atoms with E-state index in [0.29, 0.717) is 16.8 Å². The minimum absolute atomic E-state index is 0.177. The van der Waals surface area contributed by atoms with Gasteiger partial charge in [0.05, 0.1) is 19.4 Å². The van der Waals surface area contributed by atoms with Crippen LogP contribution in [0.4, 0.5) is 0 Å². The predicted octanol–water partition coefficient (Wildman–Crippen LogP) is 3.13. The molecule has 7 heteroatoms. The van der Waals surface area contributed by atoms with Crippen LogP contribution in [0.5, 0.6) is 0 Å². The molecule has 2 heterocycles. The third-order valence-electron chi connectivity index (χ3n) is 4.39. The number of carbonyl (C=O) groups excluding carboxylic acids is 3. The second-order valence-corrected chi connectivity index (χ2v) is 6.44. The molecule has 140 valence electrons. The molecule has 0 spiro atoms. The maximum Gasteiger partial charge on any atom is 0.354 e. The molecule has 0 radical (unpaired) electrons. The van der Waals surface area contributed by atoms with Crippen molar-refractivity contribution in [3.05, 3.63) is 46.7 Å². The van der Waals surface area contributed by atoms with Gasteiger partial charge in [0.2, 0.25) is 0 Å². The van der Waals surface area contributed by atoms with Crippen LogP contribution in [-0.2, 0) is 4.74 Å². The van der Waals surface area contributed by atoms with Gasteiger partial charge < -0.3 is 19.0 Å². The van der Waals surface area contributed by atoms with Gasteiger partial charge >= 0.3 is 5.97 Å². The van der Waals surface area contributed by atoms with Crippen molar-refractivity contribution in [2.45, 2.75) is 46.7 Å². The number of methoxy groups -OCH3 is 1. The molecule has 7 nitrogen and oxygen atoms in total. The molecule has 0 saturated heterocycles. The summed E-state index contributed by atoms with van der Waals surface area (Å²) in [5, 5.41) is 0. The number of furan rings is 1. The van der Waals surface area contributed by atoms with Crippen LogP contribution >= 0.6 is 0 Å². The van der Waals surface area contributed by atoms with Gasteiger partial charge in [-0.2, -0.15) is 0 Å². The predicted molar refractivity (Wildman–Crippen MR) is 95.4 cm³/mol. The molecule has 0 aliphatic rings. The lowest BCUT2D eigenvalue weighted by atomic mass is 9.99. The first-order chi connectivity index (χ1) is 12.2. The van der Waals surface area contributed by atoms with Crippen molar-refractivity contribution in [3.8, 4) is 0 Å². The molecule has 1 atom stereocenters. The Balaban J connectivity index is 2.40. The lowest BCUT2D eigenvalue weighted by Gasteiger charge is -2.31. The summed E-state index contributed by atoms with van der Waals surface area (Å²) in [6.07, 6.45) is 1.42. The van der Waals surface area contributed by atoms with Crippen LogP contribution in [0.2, 0.25) is 0 Å². The highest BCUT2D eigenvalue weighted by Crippen LogP contribution is 2.23. The highest BCUT2D eigenvalue weighted by atomic mass is 16.5. The minimum atomic E-state index is -0.730. The molecular weight excluding hydrogens is 336 g/mol. The minimum Gasteiger partial charge on any atom is -0.464 e. The summed E-state index contributed by atoms with van der Waals surface area (Å²) >= 11 is 0. The monoisotopic (exact) mass is 360 g/mol. The Morgan fingerprint density at radius 2 is 1.85 bits per heavy atom. The Kier molecular flexibility index (Phi) is 5.69. The van der Waals surface area contributed by atoms with Crippen LogP contribution in [0.3, 0.4) is 0 Å². The number of hydrogen-bond acceptors (Lipinski definition) is 5. The summed E-state index contributed by atoms with van der Waals surface area (Å²) in [5.74, 6) is -0.967. The Bertz CT molecular complexity index is 817. The Morgan fingerprint density at radius 1 is 1.19 bits per heavy atom. The Labute approximate surface area is 152 Å². The van der Waals surface area contributed by atoms with Crippen molar-refractivity contribution in [3.63, 3.8) is 0 Å². The molecule has 0 aliphatic carbocycles. The Hall–Kier alpha value is -2.83. The topological polar surface area (TPSA) is 92.6 Å². The van der Waals surface area contributed by atoms with Crippen molar-refractivity contribution in [2.24, 2.45) is 0 Å². The summed E-state index contributed by atoms with van der Waals surface area (Å²) in [7, 11) is 1.28. The number of aryl methyl sites for hydroxylation is 1.